The highest BCUT2D eigenvalue weighted by atomic mass is 16.2. The summed E-state index contributed by atoms with van der Waals surface area (Å²) in [7, 11) is 1.42. The Hall–Kier alpha value is -1.94. The van der Waals surface area contributed by atoms with Crippen molar-refractivity contribution in [1.82, 2.24) is 15.5 Å². The van der Waals surface area contributed by atoms with Gasteiger partial charge in [0.1, 0.15) is 6.54 Å². The fourth-order valence-electron chi connectivity index (χ4n) is 1.52. The summed E-state index contributed by atoms with van der Waals surface area (Å²) >= 11 is 0. The number of nitrogens with zero attached hydrogens (tertiary/aromatic N) is 2. The number of carbonyl (C=O) groups excluding carboxylic acids is 3. The lowest BCUT2D eigenvalue weighted by atomic mass is 10.0. The molecule has 0 saturated carbocycles. The number of likely N-dealkylation sites (N-methyl/N-ethyl adjacent to an activating group) is 1. The molecule has 1 fully saturated rings. The molecule has 3 amide bonds. The Labute approximate surface area is 98.8 Å². The minimum Gasteiger partial charge on any atom is -0.342 e. The minimum atomic E-state index is -0.509. The number of hydrogen-bond acceptors (Lipinski definition) is 5. The third-order valence-electron chi connectivity index (χ3n) is 2.52. The first-order valence-corrected chi connectivity index (χ1v) is 5.23. The average Bonchev–Trinajstić information content (AvgIpc) is 2.32. The summed E-state index contributed by atoms with van der Waals surface area (Å²) in [5.41, 5.74) is 0. The first kappa shape index (κ1) is 13.1. The van der Waals surface area contributed by atoms with Crippen LogP contribution in [0.5, 0.6) is 0 Å². The van der Waals surface area contributed by atoms with Crippen molar-refractivity contribution in [2.75, 3.05) is 20.1 Å². The van der Waals surface area contributed by atoms with Crippen LogP contribution in [-0.4, -0.2) is 48.8 Å². The lowest BCUT2D eigenvalue weighted by Gasteiger charge is -2.28. The van der Waals surface area contributed by atoms with E-state index in [1.54, 1.807) is 6.07 Å². The molecule has 7 nitrogen and oxygen atoms in total. The van der Waals surface area contributed by atoms with Crippen LogP contribution in [0, 0.1) is 11.3 Å². The van der Waals surface area contributed by atoms with E-state index in [4.69, 9.17) is 5.26 Å². The van der Waals surface area contributed by atoms with Crippen LogP contribution in [0.2, 0.25) is 0 Å². The van der Waals surface area contributed by atoms with Gasteiger partial charge in [0.15, 0.2) is 0 Å². The largest absolute Gasteiger partial charge is 0.342 e. The van der Waals surface area contributed by atoms with E-state index < -0.39 is 6.04 Å². The van der Waals surface area contributed by atoms with Crippen molar-refractivity contribution in [3.8, 4) is 6.07 Å². The molecule has 1 atom stereocenters. The lowest BCUT2D eigenvalue weighted by molar-refractivity contribution is -0.148. The van der Waals surface area contributed by atoms with Crippen LogP contribution in [0.15, 0.2) is 0 Å². The second-order valence-electron chi connectivity index (χ2n) is 3.70. The first-order chi connectivity index (χ1) is 8.06. The number of likely N-dealkylation sites (tertiary alicyclic amines) is 1. The summed E-state index contributed by atoms with van der Waals surface area (Å²) in [6.07, 6.45) is 0.688. The molecular formula is C10H14N4O3. The molecule has 1 rings (SSSR count). The van der Waals surface area contributed by atoms with Crippen LogP contribution in [0.3, 0.4) is 0 Å². The maximum absolute atomic E-state index is 11.6. The molecule has 92 valence electrons. The summed E-state index contributed by atoms with van der Waals surface area (Å²) in [5, 5.41) is 13.4. The van der Waals surface area contributed by atoms with Gasteiger partial charge in [0.2, 0.25) is 17.7 Å². The van der Waals surface area contributed by atoms with Crippen molar-refractivity contribution in [1.29, 1.82) is 5.26 Å². The highest BCUT2D eigenvalue weighted by Crippen LogP contribution is 2.10. The molecular weight excluding hydrogens is 224 g/mol. The summed E-state index contributed by atoms with van der Waals surface area (Å²) < 4.78 is 0. The van der Waals surface area contributed by atoms with Gasteiger partial charge in [-0.05, 0) is 6.42 Å². The van der Waals surface area contributed by atoms with Gasteiger partial charge in [-0.25, -0.2) is 0 Å². The maximum atomic E-state index is 11.6. The first-order valence-electron chi connectivity index (χ1n) is 5.23. The van der Waals surface area contributed by atoms with E-state index in [9.17, 15) is 14.4 Å². The molecule has 0 aromatic carbocycles. The maximum Gasteiger partial charge on any atom is 0.246 e. The normalized spacial score (nSPS) is 20.0. The molecule has 1 heterocycles. The Morgan fingerprint density at radius 2 is 2.29 bits per heavy atom. The smallest absolute Gasteiger partial charge is 0.246 e. The molecule has 1 aliphatic rings. The van der Waals surface area contributed by atoms with E-state index in [0.717, 1.165) is 4.90 Å². The zero-order valence-electron chi connectivity index (χ0n) is 9.52. The van der Waals surface area contributed by atoms with Crippen molar-refractivity contribution < 1.29 is 14.4 Å². The Bertz CT molecular complexity index is 374. The van der Waals surface area contributed by atoms with Crippen LogP contribution >= 0.6 is 0 Å². The Balaban J connectivity index is 2.37. The number of hydrogen-bond donors (Lipinski definition) is 2. The summed E-state index contributed by atoms with van der Waals surface area (Å²) in [6.45, 7) is -0.0996. The van der Waals surface area contributed by atoms with Crippen molar-refractivity contribution in [3.63, 3.8) is 0 Å². The monoisotopic (exact) mass is 238 g/mol. The molecule has 0 aromatic heterocycles. The van der Waals surface area contributed by atoms with Crippen LogP contribution in [0.1, 0.15) is 12.8 Å². The number of piperidine rings is 1. The highest BCUT2D eigenvalue weighted by molar-refractivity contribution is 6.00. The van der Waals surface area contributed by atoms with E-state index in [-0.39, 0.29) is 30.8 Å². The van der Waals surface area contributed by atoms with Gasteiger partial charge in [-0.2, -0.15) is 5.26 Å². The Kier molecular flexibility index (Phi) is 4.60. The van der Waals surface area contributed by atoms with Gasteiger partial charge in [-0.15, -0.1) is 0 Å². The van der Waals surface area contributed by atoms with E-state index >= 15 is 0 Å². The highest BCUT2D eigenvalue weighted by Gasteiger charge is 2.31. The predicted molar refractivity (Wildman–Crippen MR) is 57.4 cm³/mol. The number of rotatable bonds is 4. The van der Waals surface area contributed by atoms with Crippen LogP contribution in [-0.2, 0) is 14.4 Å². The van der Waals surface area contributed by atoms with Gasteiger partial charge < -0.3 is 5.32 Å². The lowest BCUT2D eigenvalue weighted by Crippen LogP contribution is -2.53. The van der Waals surface area contributed by atoms with Gasteiger partial charge in [0, 0.05) is 13.5 Å². The molecule has 1 unspecified atom stereocenters. The number of nitrogens with one attached hydrogen (secondary N) is 2. The van der Waals surface area contributed by atoms with Crippen LogP contribution in [0.25, 0.3) is 0 Å². The topological polar surface area (TPSA) is 102 Å². The number of imide groups is 1. The second-order valence-corrected chi connectivity index (χ2v) is 3.70. The van der Waals surface area contributed by atoms with Gasteiger partial charge in [-0.3, -0.25) is 24.6 Å². The Morgan fingerprint density at radius 3 is 2.94 bits per heavy atom. The van der Waals surface area contributed by atoms with Crippen molar-refractivity contribution >= 4 is 17.7 Å². The molecule has 0 aromatic rings. The third kappa shape index (κ3) is 3.53. The van der Waals surface area contributed by atoms with Gasteiger partial charge in [0.05, 0.1) is 18.7 Å². The molecule has 1 saturated heterocycles. The van der Waals surface area contributed by atoms with E-state index in [1.165, 1.54) is 7.05 Å². The van der Waals surface area contributed by atoms with E-state index in [1.807, 2.05) is 0 Å². The number of nitriles is 1. The van der Waals surface area contributed by atoms with Crippen LogP contribution in [0.4, 0.5) is 0 Å². The van der Waals surface area contributed by atoms with Crippen LogP contribution < -0.4 is 10.6 Å². The van der Waals surface area contributed by atoms with Crippen molar-refractivity contribution in [2.45, 2.75) is 18.9 Å². The SMILES string of the molecule is CN1C(=O)CCC(NCC(=O)NCC#N)C1=O. The molecule has 0 radical (unpaired) electrons. The molecule has 0 bridgehead atoms. The van der Waals surface area contributed by atoms with Crippen molar-refractivity contribution in [2.24, 2.45) is 0 Å². The van der Waals surface area contributed by atoms with Gasteiger partial charge >= 0.3 is 0 Å². The van der Waals surface area contributed by atoms with Crippen molar-refractivity contribution in [3.05, 3.63) is 0 Å². The Morgan fingerprint density at radius 1 is 1.59 bits per heavy atom. The summed E-state index contributed by atoms with van der Waals surface area (Å²) in [5.74, 6) is -0.879. The average molecular weight is 238 g/mol. The molecule has 17 heavy (non-hydrogen) atoms. The van der Waals surface area contributed by atoms with E-state index in [0.29, 0.717) is 12.8 Å². The van der Waals surface area contributed by atoms with Gasteiger partial charge in [-0.1, -0.05) is 0 Å². The molecule has 0 spiro atoms. The predicted octanol–water partition coefficient (Wildman–Crippen LogP) is -1.64. The molecule has 7 heteroatoms. The second kappa shape index (κ2) is 5.96. The summed E-state index contributed by atoms with van der Waals surface area (Å²) in [6, 6.07) is 1.27. The quantitative estimate of drug-likeness (QED) is 0.452. The molecule has 0 aliphatic carbocycles. The fraction of sp³-hybridized carbons (Fsp3) is 0.600. The number of amides is 3. The molecule has 2 N–H and O–H groups in total. The molecule has 1 aliphatic heterocycles. The zero-order valence-corrected chi connectivity index (χ0v) is 9.52. The third-order valence-corrected chi connectivity index (χ3v) is 2.52. The standard InChI is InChI=1S/C10H14N4O3/c1-14-9(16)3-2-7(10(14)17)13-6-8(15)12-5-4-11/h7,13H,2-3,5-6H2,1H3,(H,12,15). The minimum absolute atomic E-state index is 0.0416. The van der Waals surface area contributed by atoms with E-state index in [2.05, 4.69) is 10.6 Å². The summed E-state index contributed by atoms with van der Waals surface area (Å²) in [4.78, 5) is 35.1. The van der Waals surface area contributed by atoms with Gasteiger partial charge in [0.25, 0.3) is 0 Å². The fourth-order valence-corrected chi connectivity index (χ4v) is 1.52. The zero-order chi connectivity index (χ0) is 12.8. The number of carbonyl (C=O) groups is 3.